The molecule has 2 aromatic carbocycles. The van der Waals surface area contributed by atoms with E-state index in [1.54, 1.807) is 6.07 Å². The molecule has 0 atom stereocenters. The van der Waals surface area contributed by atoms with Crippen LogP contribution in [0.1, 0.15) is 5.56 Å². The Kier molecular flexibility index (Phi) is 5.36. The number of amides is 1. The maximum Gasteiger partial charge on any atom is 0.285 e. The van der Waals surface area contributed by atoms with Crippen molar-refractivity contribution in [3.63, 3.8) is 0 Å². The Hall–Kier alpha value is -3.21. The number of halogens is 1. The molecule has 0 bridgehead atoms. The average molecular weight is 336 g/mol. The Balaban J connectivity index is 1.72. The van der Waals surface area contributed by atoms with Crippen molar-refractivity contribution >= 4 is 5.91 Å². The van der Waals surface area contributed by atoms with Crippen LogP contribution in [-0.4, -0.2) is 17.1 Å². The first kappa shape index (κ1) is 16.6. The van der Waals surface area contributed by atoms with Crippen molar-refractivity contribution in [3.05, 3.63) is 95.9 Å². The molecule has 5 heteroatoms. The molecule has 0 fully saturated rings. The predicted octanol–water partition coefficient (Wildman–Crippen LogP) is 3.18. The number of carbonyl (C=O) groups excluding carboxylic acids is 1. The second-order valence-corrected chi connectivity index (χ2v) is 5.42. The highest BCUT2D eigenvalue weighted by Crippen LogP contribution is 2.10. The standard InChI is InChI=1S/C20H17FN2O2/c21-17-9-11-18(12-10-17)25-15-20(24)22-19-8-4-5-13-23(19)14-16-6-2-1-3-7-16/h1-13H,14-15H2. The number of aromatic nitrogens is 1. The Morgan fingerprint density at radius 1 is 0.960 bits per heavy atom. The van der Waals surface area contributed by atoms with Gasteiger partial charge in [0.05, 0.1) is 0 Å². The van der Waals surface area contributed by atoms with E-state index in [-0.39, 0.29) is 12.4 Å². The molecule has 0 radical (unpaired) electrons. The first-order valence-electron chi connectivity index (χ1n) is 7.86. The van der Waals surface area contributed by atoms with Crippen molar-refractivity contribution in [2.75, 3.05) is 6.61 Å². The molecule has 4 nitrogen and oxygen atoms in total. The van der Waals surface area contributed by atoms with Gasteiger partial charge in [-0.2, -0.15) is 4.99 Å². The molecule has 1 aromatic heterocycles. The van der Waals surface area contributed by atoms with Gasteiger partial charge in [0, 0.05) is 12.7 Å². The third kappa shape index (κ3) is 4.88. The quantitative estimate of drug-likeness (QED) is 0.718. The smallest absolute Gasteiger partial charge is 0.285 e. The fourth-order valence-corrected chi connectivity index (χ4v) is 2.32. The molecule has 0 unspecified atom stereocenters. The summed E-state index contributed by atoms with van der Waals surface area (Å²) in [6.07, 6.45) is 1.87. The summed E-state index contributed by atoms with van der Waals surface area (Å²) in [6, 6.07) is 20.9. The van der Waals surface area contributed by atoms with Gasteiger partial charge in [-0.25, -0.2) is 4.39 Å². The van der Waals surface area contributed by atoms with Crippen LogP contribution in [0.4, 0.5) is 4.39 Å². The highest BCUT2D eigenvalue weighted by Gasteiger charge is 2.03. The molecule has 0 aliphatic rings. The molecule has 0 aliphatic carbocycles. The fraction of sp³-hybridized carbons (Fsp3) is 0.100. The summed E-state index contributed by atoms with van der Waals surface area (Å²) in [7, 11) is 0. The molecular formula is C20H17FN2O2. The van der Waals surface area contributed by atoms with E-state index in [9.17, 15) is 9.18 Å². The lowest BCUT2D eigenvalue weighted by Crippen LogP contribution is -2.23. The molecule has 25 heavy (non-hydrogen) atoms. The lowest BCUT2D eigenvalue weighted by molar-refractivity contribution is -0.120. The van der Waals surface area contributed by atoms with Gasteiger partial charge in [0.15, 0.2) is 6.61 Å². The van der Waals surface area contributed by atoms with Gasteiger partial charge in [-0.15, -0.1) is 0 Å². The molecule has 0 saturated carbocycles. The molecule has 0 N–H and O–H groups in total. The third-order valence-electron chi connectivity index (χ3n) is 3.53. The first-order valence-corrected chi connectivity index (χ1v) is 7.86. The van der Waals surface area contributed by atoms with Crippen molar-refractivity contribution in [1.29, 1.82) is 0 Å². The normalized spacial score (nSPS) is 11.3. The van der Waals surface area contributed by atoms with E-state index in [0.29, 0.717) is 17.8 Å². The summed E-state index contributed by atoms with van der Waals surface area (Å²) in [4.78, 5) is 16.2. The van der Waals surface area contributed by atoms with Crippen LogP contribution in [0.5, 0.6) is 5.75 Å². The predicted molar refractivity (Wildman–Crippen MR) is 92.4 cm³/mol. The number of carbonyl (C=O) groups is 1. The molecule has 0 saturated heterocycles. The minimum absolute atomic E-state index is 0.203. The van der Waals surface area contributed by atoms with Crippen molar-refractivity contribution in [3.8, 4) is 5.75 Å². The van der Waals surface area contributed by atoms with Crippen LogP contribution in [0.25, 0.3) is 0 Å². The molecule has 1 amide bonds. The van der Waals surface area contributed by atoms with Gasteiger partial charge in [-0.3, -0.25) is 4.79 Å². The maximum absolute atomic E-state index is 12.9. The Bertz CT molecular complexity index is 903. The highest BCUT2D eigenvalue weighted by atomic mass is 19.1. The van der Waals surface area contributed by atoms with Gasteiger partial charge >= 0.3 is 0 Å². The minimum atomic E-state index is -0.405. The zero-order valence-corrected chi connectivity index (χ0v) is 13.5. The Morgan fingerprint density at radius 2 is 1.68 bits per heavy atom. The van der Waals surface area contributed by atoms with E-state index < -0.39 is 5.91 Å². The summed E-state index contributed by atoms with van der Waals surface area (Å²) in [5.74, 6) is -0.331. The van der Waals surface area contributed by atoms with E-state index in [1.165, 1.54) is 24.3 Å². The number of hydrogen-bond donors (Lipinski definition) is 0. The number of rotatable bonds is 5. The SMILES string of the molecule is O=C(COc1ccc(F)cc1)N=c1ccccn1Cc1ccccc1. The number of ether oxygens (including phenoxy) is 1. The highest BCUT2D eigenvalue weighted by molar-refractivity contribution is 5.78. The van der Waals surface area contributed by atoms with E-state index in [2.05, 4.69) is 4.99 Å². The van der Waals surface area contributed by atoms with Crippen LogP contribution in [0.2, 0.25) is 0 Å². The van der Waals surface area contributed by atoms with Gasteiger partial charge in [-0.05, 0) is 42.0 Å². The fourth-order valence-electron chi connectivity index (χ4n) is 2.32. The molecular weight excluding hydrogens is 319 g/mol. The monoisotopic (exact) mass is 336 g/mol. The molecule has 126 valence electrons. The summed E-state index contributed by atoms with van der Waals surface area (Å²) in [5.41, 5.74) is 1.67. The number of hydrogen-bond acceptors (Lipinski definition) is 2. The second-order valence-electron chi connectivity index (χ2n) is 5.42. The minimum Gasteiger partial charge on any atom is -0.484 e. The van der Waals surface area contributed by atoms with Gasteiger partial charge in [0.2, 0.25) is 0 Å². The average Bonchev–Trinajstić information content (AvgIpc) is 2.64. The van der Waals surface area contributed by atoms with Crippen molar-refractivity contribution in [2.24, 2.45) is 4.99 Å². The van der Waals surface area contributed by atoms with Crippen molar-refractivity contribution < 1.29 is 13.9 Å². The molecule has 1 heterocycles. The maximum atomic E-state index is 12.9. The second kappa shape index (κ2) is 8.06. The lowest BCUT2D eigenvalue weighted by Gasteiger charge is -2.07. The molecule has 3 aromatic rings. The third-order valence-corrected chi connectivity index (χ3v) is 3.53. The van der Waals surface area contributed by atoms with Crippen LogP contribution in [0, 0.1) is 5.82 Å². The Morgan fingerprint density at radius 3 is 2.44 bits per heavy atom. The van der Waals surface area contributed by atoms with Gasteiger partial charge in [-0.1, -0.05) is 36.4 Å². The molecule has 0 spiro atoms. The zero-order valence-electron chi connectivity index (χ0n) is 13.5. The number of pyridine rings is 1. The molecule has 3 rings (SSSR count). The summed E-state index contributed by atoms with van der Waals surface area (Å²) in [5, 5.41) is 0. The Labute approximate surface area is 144 Å². The van der Waals surface area contributed by atoms with Crippen LogP contribution in [0.15, 0.2) is 84.0 Å². The summed E-state index contributed by atoms with van der Waals surface area (Å²) in [6.45, 7) is 0.415. The summed E-state index contributed by atoms with van der Waals surface area (Å²) >= 11 is 0. The zero-order chi connectivity index (χ0) is 17.5. The van der Waals surface area contributed by atoms with Crippen molar-refractivity contribution in [2.45, 2.75) is 6.54 Å². The first-order chi connectivity index (χ1) is 12.2. The summed E-state index contributed by atoms with van der Waals surface area (Å²) < 4.78 is 20.1. The van der Waals surface area contributed by atoms with Crippen LogP contribution < -0.4 is 10.2 Å². The van der Waals surface area contributed by atoms with Crippen molar-refractivity contribution in [1.82, 2.24) is 4.57 Å². The largest absolute Gasteiger partial charge is 0.484 e. The van der Waals surface area contributed by atoms with E-state index >= 15 is 0 Å². The van der Waals surface area contributed by atoms with E-state index in [0.717, 1.165) is 5.56 Å². The van der Waals surface area contributed by atoms with Crippen LogP contribution in [0.3, 0.4) is 0 Å². The van der Waals surface area contributed by atoms with Gasteiger partial charge in [0.1, 0.15) is 17.1 Å². The molecule has 0 aliphatic heterocycles. The van der Waals surface area contributed by atoms with Crippen LogP contribution >= 0.6 is 0 Å². The number of nitrogens with zero attached hydrogens (tertiary/aromatic N) is 2. The van der Waals surface area contributed by atoms with Gasteiger partial charge < -0.3 is 9.30 Å². The van der Waals surface area contributed by atoms with E-state index in [4.69, 9.17) is 4.74 Å². The topological polar surface area (TPSA) is 43.6 Å². The van der Waals surface area contributed by atoms with Crippen LogP contribution in [-0.2, 0) is 11.3 Å². The van der Waals surface area contributed by atoms with Gasteiger partial charge in [0.25, 0.3) is 5.91 Å². The number of benzene rings is 2. The lowest BCUT2D eigenvalue weighted by atomic mass is 10.2. The van der Waals surface area contributed by atoms with E-state index in [1.807, 2.05) is 53.2 Å².